The Kier molecular flexibility index (Phi) is 5.20. The van der Waals surface area contributed by atoms with Crippen LogP contribution in [0.3, 0.4) is 0 Å². The minimum Gasteiger partial charge on any atom is -0.486 e. The number of nitrogens with one attached hydrogen (secondary N) is 1. The van der Waals surface area contributed by atoms with Crippen molar-refractivity contribution in [2.45, 2.75) is 11.0 Å². The van der Waals surface area contributed by atoms with Gasteiger partial charge in [-0.2, -0.15) is 0 Å². The Morgan fingerprint density at radius 2 is 2.00 bits per heavy atom. The van der Waals surface area contributed by atoms with Crippen LogP contribution in [0.2, 0.25) is 0 Å². The SMILES string of the molecule is O=C(CSc1cc(F)ccc1F)NC[C@@H]1COc2ccccc2O1. The monoisotopic (exact) mass is 351 g/mol. The molecule has 0 aromatic heterocycles. The van der Waals surface area contributed by atoms with Gasteiger partial charge in [-0.15, -0.1) is 11.8 Å². The molecule has 24 heavy (non-hydrogen) atoms. The van der Waals surface area contributed by atoms with Crippen molar-refractivity contribution in [1.29, 1.82) is 0 Å². The number of carbonyl (C=O) groups is 1. The van der Waals surface area contributed by atoms with Crippen LogP contribution in [0.5, 0.6) is 11.5 Å². The number of hydrogen-bond acceptors (Lipinski definition) is 4. The lowest BCUT2D eigenvalue weighted by atomic mass is 10.2. The molecule has 0 saturated heterocycles. The lowest BCUT2D eigenvalue weighted by Gasteiger charge is -2.26. The molecule has 0 fully saturated rings. The lowest BCUT2D eigenvalue weighted by molar-refractivity contribution is -0.119. The first-order valence-corrected chi connectivity index (χ1v) is 8.33. The number of para-hydroxylation sites is 2. The molecule has 2 aromatic rings. The molecule has 7 heteroatoms. The summed E-state index contributed by atoms with van der Waals surface area (Å²) >= 11 is 0.945. The van der Waals surface area contributed by atoms with E-state index in [0.29, 0.717) is 18.1 Å². The summed E-state index contributed by atoms with van der Waals surface area (Å²) < 4.78 is 37.8. The van der Waals surface area contributed by atoms with E-state index in [4.69, 9.17) is 9.47 Å². The molecular weight excluding hydrogens is 336 g/mol. The fourth-order valence-corrected chi connectivity index (χ4v) is 2.96. The van der Waals surface area contributed by atoms with Gasteiger partial charge in [0.1, 0.15) is 24.3 Å². The molecule has 0 bridgehead atoms. The maximum absolute atomic E-state index is 13.5. The average Bonchev–Trinajstić information content (AvgIpc) is 2.60. The van der Waals surface area contributed by atoms with Gasteiger partial charge in [-0.05, 0) is 30.3 Å². The number of halogens is 2. The molecular formula is C17H15F2NO3S. The summed E-state index contributed by atoms with van der Waals surface area (Å²) in [5.41, 5.74) is 0. The third-order valence-electron chi connectivity index (χ3n) is 3.35. The zero-order valence-electron chi connectivity index (χ0n) is 12.6. The Bertz CT molecular complexity index is 742. The highest BCUT2D eigenvalue weighted by Crippen LogP contribution is 2.30. The molecule has 1 aliphatic heterocycles. The van der Waals surface area contributed by atoms with Crippen molar-refractivity contribution in [1.82, 2.24) is 5.32 Å². The van der Waals surface area contributed by atoms with Gasteiger partial charge in [0.05, 0.1) is 12.3 Å². The smallest absolute Gasteiger partial charge is 0.230 e. The van der Waals surface area contributed by atoms with Crippen LogP contribution in [-0.2, 0) is 4.79 Å². The van der Waals surface area contributed by atoms with Gasteiger partial charge >= 0.3 is 0 Å². The summed E-state index contributed by atoms with van der Waals surface area (Å²) in [5.74, 6) is -0.0621. The first-order chi connectivity index (χ1) is 11.6. The number of fused-ring (bicyclic) bond motifs is 1. The molecule has 0 aliphatic carbocycles. The summed E-state index contributed by atoms with van der Waals surface area (Å²) in [6.07, 6.45) is -0.292. The molecule has 126 valence electrons. The van der Waals surface area contributed by atoms with E-state index in [0.717, 1.165) is 30.0 Å². The van der Waals surface area contributed by atoms with E-state index < -0.39 is 11.6 Å². The molecule has 1 aliphatic rings. The Labute approximate surface area is 142 Å². The summed E-state index contributed by atoms with van der Waals surface area (Å²) in [4.78, 5) is 12.0. The van der Waals surface area contributed by atoms with Crippen LogP contribution in [0.15, 0.2) is 47.4 Å². The van der Waals surface area contributed by atoms with E-state index in [1.54, 1.807) is 6.07 Å². The van der Waals surface area contributed by atoms with Crippen LogP contribution in [0, 0.1) is 11.6 Å². The van der Waals surface area contributed by atoms with Crippen molar-refractivity contribution in [3.63, 3.8) is 0 Å². The van der Waals surface area contributed by atoms with E-state index in [9.17, 15) is 13.6 Å². The summed E-state index contributed by atoms with van der Waals surface area (Å²) in [7, 11) is 0. The van der Waals surface area contributed by atoms with E-state index in [1.165, 1.54) is 0 Å². The van der Waals surface area contributed by atoms with Crippen LogP contribution < -0.4 is 14.8 Å². The number of ether oxygens (including phenoxy) is 2. The van der Waals surface area contributed by atoms with Crippen molar-refractivity contribution in [3.8, 4) is 11.5 Å². The van der Waals surface area contributed by atoms with Crippen LogP contribution in [0.25, 0.3) is 0 Å². The van der Waals surface area contributed by atoms with Crippen LogP contribution >= 0.6 is 11.8 Å². The number of benzene rings is 2. The number of thioether (sulfide) groups is 1. The Balaban J connectivity index is 1.46. The molecule has 4 nitrogen and oxygen atoms in total. The third-order valence-corrected chi connectivity index (χ3v) is 4.38. The van der Waals surface area contributed by atoms with Gasteiger partial charge in [0.15, 0.2) is 11.5 Å². The second kappa shape index (κ2) is 7.53. The van der Waals surface area contributed by atoms with Crippen LogP contribution in [0.1, 0.15) is 0 Å². The highest BCUT2D eigenvalue weighted by atomic mass is 32.2. The lowest BCUT2D eigenvalue weighted by Crippen LogP contribution is -2.41. The Hall–Kier alpha value is -2.28. The van der Waals surface area contributed by atoms with E-state index in [-0.39, 0.29) is 29.2 Å². The topological polar surface area (TPSA) is 47.6 Å². The van der Waals surface area contributed by atoms with Gasteiger partial charge in [0.25, 0.3) is 0 Å². The quantitative estimate of drug-likeness (QED) is 0.842. The third kappa shape index (κ3) is 4.17. The van der Waals surface area contributed by atoms with Crippen molar-refractivity contribution in [2.24, 2.45) is 0 Å². The standard InChI is InChI=1S/C17H15F2NO3S/c18-11-5-6-13(19)16(7-11)24-10-17(21)20-8-12-9-22-14-3-1-2-4-15(14)23-12/h1-7,12H,8-10H2,(H,20,21)/t12-/m1/s1. The van der Waals surface area contributed by atoms with Gasteiger partial charge in [0, 0.05) is 4.90 Å². The molecule has 0 saturated carbocycles. The number of hydrogen-bond donors (Lipinski definition) is 1. The minimum atomic E-state index is -0.546. The molecule has 3 rings (SSSR count). The minimum absolute atomic E-state index is 0.00939. The molecule has 1 atom stereocenters. The van der Waals surface area contributed by atoms with Gasteiger partial charge in [0.2, 0.25) is 5.91 Å². The van der Waals surface area contributed by atoms with Gasteiger partial charge < -0.3 is 14.8 Å². The first-order valence-electron chi connectivity index (χ1n) is 7.35. The molecule has 1 N–H and O–H groups in total. The zero-order chi connectivity index (χ0) is 16.9. The predicted molar refractivity (Wildman–Crippen MR) is 86.4 cm³/mol. The van der Waals surface area contributed by atoms with Gasteiger partial charge in [-0.1, -0.05) is 12.1 Å². The van der Waals surface area contributed by atoms with Crippen LogP contribution in [-0.4, -0.2) is 30.9 Å². The normalized spacial score (nSPS) is 15.8. The van der Waals surface area contributed by atoms with E-state index >= 15 is 0 Å². The highest BCUT2D eigenvalue weighted by molar-refractivity contribution is 8.00. The molecule has 0 spiro atoms. The van der Waals surface area contributed by atoms with E-state index in [1.807, 2.05) is 18.2 Å². The van der Waals surface area contributed by atoms with E-state index in [2.05, 4.69) is 5.32 Å². The van der Waals surface area contributed by atoms with Crippen molar-refractivity contribution in [2.75, 3.05) is 18.9 Å². The van der Waals surface area contributed by atoms with Gasteiger partial charge in [-0.3, -0.25) is 4.79 Å². The van der Waals surface area contributed by atoms with Crippen molar-refractivity contribution in [3.05, 3.63) is 54.1 Å². The largest absolute Gasteiger partial charge is 0.486 e. The fourth-order valence-electron chi connectivity index (χ4n) is 2.17. The summed E-state index contributed by atoms with van der Waals surface area (Å²) in [5, 5.41) is 2.71. The average molecular weight is 351 g/mol. The summed E-state index contributed by atoms with van der Waals surface area (Å²) in [6, 6.07) is 10.5. The molecule has 1 amide bonds. The molecule has 0 unspecified atom stereocenters. The second-order valence-electron chi connectivity index (χ2n) is 5.17. The highest BCUT2D eigenvalue weighted by Gasteiger charge is 2.21. The molecule has 1 heterocycles. The molecule has 2 aromatic carbocycles. The Morgan fingerprint density at radius 1 is 1.21 bits per heavy atom. The number of rotatable bonds is 5. The number of amides is 1. The summed E-state index contributed by atoms with van der Waals surface area (Å²) in [6.45, 7) is 0.613. The molecule has 0 radical (unpaired) electrons. The second-order valence-corrected chi connectivity index (χ2v) is 6.18. The Morgan fingerprint density at radius 3 is 2.83 bits per heavy atom. The van der Waals surface area contributed by atoms with Crippen molar-refractivity contribution < 1.29 is 23.0 Å². The van der Waals surface area contributed by atoms with Crippen LogP contribution in [0.4, 0.5) is 8.78 Å². The number of carbonyl (C=O) groups excluding carboxylic acids is 1. The fraction of sp³-hybridized carbons (Fsp3) is 0.235. The predicted octanol–water partition coefficient (Wildman–Crippen LogP) is 3.01. The maximum Gasteiger partial charge on any atom is 0.230 e. The van der Waals surface area contributed by atoms with Crippen molar-refractivity contribution >= 4 is 17.7 Å². The first kappa shape index (κ1) is 16.6. The zero-order valence-corrected chi connectivity index (χ0v) is 13.4. The maximum atomic E-state index is 13.5. The van der Waals surface area contributed by atoms with Gasteiger partial charge in [-0.25, -0.2) is 8.78 Å².